The molecule has 0 radical (unpaired) electrons. The van der Waals surface area contributed by atoms with Gasteiger partial charge >= 0.3 is 11.9 Å². The molecule has 0 saturated carbocycles. The van der Waals surface area contributed by atoms with Gasteiger partial charge in [0.2, 0.25) is 0 Å². The number of benzene rings is 2. The van der Waals surface area contributed by atoms with E-state index in [-0.39, 0.29) is 24.4 Å². The fraction of sp³-hybridized carbons (Fsp3) is 0.300. The molecule has 4 atom stereocenters. The minimum absolute atomic E-state index is 0.0103. The monoisotopic (exact) mass is 698 g/mol. The van der Waals surface area contributed by atoms with Crippen LogP contribution in [0.2, 0.25) is 0 Å². The summed E-state index contributed by atoms with van der Waals surface area (Å²) >= 11 is 0. The number of ketones is 2. The lowest BCUT2D eigenvalue weighted by atomic mass is 9.81. The summed E-state index contributed by atoms with van der Waals surface area (Å²) < 4.78 is 19.5. The molecule has 0 amide bonds. The third-order valence-electron chi connectivity index (χ3n) is 10.4. The number of esters is 2. The maximum absolute atomic E-state index is 13.9. The molecule has 0 bridgehead atoms. The van der Waals surface area contributed by atoms with Gasteiger partial charge in [0.15, 0.2) is 11.6 Å². The number of Topliss-reactive ketones (excluding diaryl/α,β-unsaturated/α-hetero) is 2. The van der Waals surface area contributed by atoms with Crippen LogP contribution in [-0.4, -0.2) is 51.7 Å². The topological polar surface area (TPSA) is 132 Å². The quantitative estimate of drug-likeness (QED) is 0.151. The first kappa shape index (κ1) is 33.1. The summed E-state index contributed by atoms with van der Waals surface area (Å²) in [5.41, 5.74) is 5.62. The van der Waals surface area contributed by atoms with Crippen LogP contribution in [0.3, 0.4) is 0 Å². The molecule has 0 aliphatic heterocycles. The summed E-state index contributed by atoms with van der Waals surface area (Å²) in [5.74, 6) is -2.40. The zero-order valence-corrected chi connectivity index (χ0v) is 29.4. The number of carbonyl (C=O) groups excluding carboxylic acids is 4. The van der Waals surface area contributed by atoms with Crippen molar-refractivity contribution in [2.75, 3.05) is 0 Å². The summed E-state index contributed by atoms with van der Waals surface area (Å²) in [7, 11) is 7.47. The highest BCUT2D eigenvalue weighted by molar-refractivity contribution is 6.12. The van der Waals surface area contributed by atoms with Gasteiger partial charge in [0.05, 0.1) is 46.6 Å². The van der Waals surface area contributed by atoms with E-state index in [0.29, 0.717) is 35.4 Å². The van der Waals surface area contributed by atoms with E-state index >= 15 is 0 Å². The number of rotatable bonds is 8. The number of aryl methyl sites for hydroxylation is 4. The highest BCUT2D eigenvalue weighted by Gasteiger charge is 2.41. The third-order valence-corrected chi connectivity index (χ3v) is 10.4. The van der Waals surface area contributed by atoms with E-state index in [0.717, 1.165) is 45.3 Å². The number of fused-ring (bicyclic) bond motifs is 6. The lowest BCUT2D eigenvalue weighted by molar-refractivity contribution is -0.147. The van der Waals surface area contributed by atoms with Crippen molar-refractivity contribution in [2.24, 2.45) is 40.0 Å². The van der Waals surface area contributed by atoms with Crippen LogP contribution in [0.15, 0.2) is 85.7 Å². The van der Waals surface area contributed by atoms with Crippen LogP contribution in [0.5, 0.6) is 0 Å². The molecule has 2 aromatic carbocycles. The van der Waals surface area contributed by atoms with Gasteiger partial charge in [-0.15, -0.1) is 0 Å². The fourth-order valence-electron chi connectivity index (χ4n) is 8.16. The van der Waals surface area contributed by atoms with Crippen molar-refractivity contribution in [1.29, 1.82) is 0 Å². The van der Waals surface area contributed by atoms with Crippen LogP contribution in [0, 0.1) is 11.8 Å². The summed E-state index contributed by atoms with van der Waals surface area (Å²) in [5, 5.41) is 1.60. The van der Waals surface area contributed by atoms with E-state index in [1.165, 1.54) is 0 Å². The molecule has 12 heteroatoms. The predicted molar refractivity (Wildman–Crippen MR) is 191 cm³/mol. The zero-order valence-electron chi connectivity index (χ0n) is 29.4. The molecular formula is C40H38N6O6. The number of hydrogen-bond donors (Lipinski definition) is 0. The minimum Gasteiger partial charge on any atom is -0.453 e. The lowest BCUT2D eigenvalue weighted by Gasteiger charge is -2.29. The molecule has 2 aliphatic rings. The fourth-order valence-corrected chi connectivity index (χ4v) is 8.16. The Morgan fingerprint density at radius 2 is 1.08 bits per heavy atom. The molecule has 4 unspecified atom stereocenters. The van der Waals surface area contributed by atoms with Crippen molar-refractivity contribution in [3.05, 3.63) is 120 Å². The SMILES string of the molecule is Cn1cnc(CC2CC(OC(=O)/C=C\C(=O)OC3CC(Cc4cn(C)cn4)C(=O)c4c3n(C)c3ccccc43)c3c(c4ccccc4n3C)C2=O)c1. The Hall–Kier alpha value is -6.04. The smallest absolute Gasteiger partial charge is 0.331 e. The van der Waals surface area contributed by atoms with Crippen LogP contribution in [-0.2, 0) is 60.1 Å². The number of ether oxygens (including phenoxy) is 2. The molecule has 2 aliphatic carbocycles. The summed E-state index contributed by atoms with van der Waals surface area (Å²) in [6, 6.07) is 15.3. The van der Waals surface area contributed by atoms with E-state index < -0.39 is 36.0 Å². The number of nitrogens with zero attached hydrogens (tertiary/aromatic N) is 6. The number of imidazole rings is 2. The molecule has 6 aromatic rings. The maximum atomic E-state index is 13.9. The average molecular weight is 699 g/mol. The molecular weight excluding hydrogens is 660 g/mol. The van der Waals surface area contributed by atoms with Crippen molar-refractivity contribution in [3.63, 3.8) is 0 Å². The van der Waals surface area contributed by atoms with Gasteiger partial charge in [-0.3, -0.25) is 9.59 Å². The first-order valence-corrected chi connectivity index (χ1v) is 17.3. The summed E-state index contributed by atoms with van der Waals surface area (Å²) in [6.07, 6.45) is 9.16. The van der Waals surface area contributed by atoms with E-state index in [1.807, 2.05) is 107 Å². The normalized spacial score (nSPS) is 20.1. The molecule has 4 aromatic heterocycles. The van der Waals surface area contributed by atoms with Gasteiger partial charge in [-0.1, -0.05) is 36.4 Å². The number of aromatic nitrogens is 6. The molecule has 12 nitrogen and oxygen atoms in total. The number of carbonyl (C=O) groups is 4. The van der Waals surface area contributed by atoms with E-state index in [1.54, 1.807) is 12.7 Å². The van der Waals surface area contributed by atoms with Gasteiger partial charge in [0, 0.05) is 112 Å². The average Bonchev–Trinajstić information content (AvgIpc) is 3.89. The first-order valence-electron chi connectivity index (χ1n) is 17.3. The second kappa shape index (κ2) is 12.9. The molecule has 264 valence electrons. The Balaban J connectivity index is 1.04. The van der Waals surface area contributed by atoms with Gasteiger partial charge < -0.3 is 27.7 Å². The zero-order chi connectivity index (χ0) is 36.3. The summed E-state index contributed by atoms with van der Waals surface area (Å²) in [4.78, 5) is 63.4. The maximum Gasteiger partial charge on any atom is 0.331 e. The van der Waals surface area contributed by atoms with Crippen LogP contribution in [0.1, 0.15) is 68.5 Å². The van der Waals surface area contributed by atoms with Crippen molar-refractivity contribution < 1.29 is 28.7 Å². The largest absolute Gasteiger partial charge is 0.453 e. The van der Waals surface area contributed by atoms with Crippen LogP contribution in [0.25, 0.3) is 21.8 Å². The molecule has 4 heterocycles. The first-order chi connectivity index (χ1) is 25.1. The van der Waals surface area contributed by atoms with E-state index in [9.17, 15) is 19.2 Å². The van der Waals surface area contributed by atoms with Crippen molar-refractivity contribution in [2.45, 2.75) is 37.9 Å². The third kappa shape index (κ3) is 5.73. The van der Waals surface area contributed by atoms with Gasteiger partial charge in [-0.2, -0.15) is 0 Å². The minimum atomic E-state index is -0.735. The van der Waals surface area contributed by atoms with Gasteiger partial charge in [-0.05, 0) is 12.1 Å². The molecule has 0 fully saturated rings. The Labute approximate surface area is 299 Å². The van der Waals surface area contributed by atoms with Gasteiger partial charge in [-0.25, -0.2) is 19.6 Å². The second-order valence-corrected chi connectivity index (χ2v) is 13.9. The van der Waals surface area contributed by atoms with Crippen LogP contribution >= 0.6 is 0 Å². The molecule has 0 spiro atoms. The van der Waals surface area contributed by atoms with Gasteiger partial charge in [0.1, 0.15) is 12.2 Å². The predicted octanol–water partition coefficient (Wildman–Crippen LogP) is 5.45. The van der Waals surface area contributed by atoms with Gasteiger partial charge in [0.25, 0.3) is 0 Å². The standard InChI is InChI=1S/C40H38N6O6/c1-43-19-25(41-21-43)15-23-17-31(37-35(39(23)49)27-9-5-7-11-29(27)45(37)3)51-33(47)13-14-34(48)52-32-18-24(16-26-20-44(2)22-42-26)40(50)36-28-10-6-8-12-30(28)46(4)38(32)36/h5-14,19-24,31-32H,15-18H2,1-4H3/b14-13-. The van der Waals surface area contributed by atoms with E-state index in [2.05, 4.69) is 9.97 Å². The number of hydrogen-bond acceptors (Lipinski definition) is 8. The van der Waals surface area contributed by atoms with Crippen molar-refractivity contribution in [1.82, 2.24) is 28.2 Å². The molecule has 8 rings (SSSR count). The van der Waals surface area contributed by atoms with Crippen molar-refractivity contribution >= 4 is 45.3 Å². The summed E-state index contributed by atoms with van der Waals surface area (Å²) in [6.45, 7) is 0. The van der Waals surface area contributed by atoms with Crippen molar-refractivity contribution in [3.8, 4) is 0 Å². The van der Waals surface area contributed by atoms with E-state index in [4.69, 9.17) is 9.47 Å². The second-order valence-electron chi connectivity index (χ2n) is 13.9. The Kier molecular flexibility index (Phi) is 8.24. The number of para-hydroxylation sites is 2. The van der Waals surface area contributed by atoms with Crippen LogP contribution < -0.4 is 0 Å². The Morgan fingerprint density at radius 1 is 0.673 bits per heavy atom. The van der Waals surface area contributed by atoms with Crippen LogP contribution in [0.4, 0.5) is 0 Å². The lowest BCUT2D eigenvalue weighted by Crippen LogP contribution is -2.30. The highest BCUT2D eigenvalue weighted by atomic mass is 16.5. The molecule has 52 heavy (non-hydrogen) atoms. The Morgan fingerprint density at radius 3 is 1.46 bits per heavy atom. The molecule has 0 saturated heterocycles. The Bertz CT molecular complexity index is 2270. The highest BCUT2D eigenvalue weighted by Crippen LogP contribution is 2.43. The molecule has 0 N–H and O–H groups in total.